The molecule has 0 fully saturated rings. The van der Waals surface area contributed by atoms with E-state index in [0.717, 1.165) is 18.2 Å². The highest BCUT2D eigenvalue weighted by Gasteiger charge is 2.57. The molecule has 0 spiro atoms. The van der Waals surface area contributed by atoms with Gasteiger partial charge in [0.1, 0.15) is 5.69 Å². The molecule has 2 aromatic rings. The maximum Gasteiger partial charge on any atom is 0.420 e. The van der Waals surface area contributed by atoms with Gasteiger partial charge >= 0.3 is 6.18 Å². The van der Waals surface area contributed by atoms with E-state index in [2.05, 4.69) is 5.32 Å². The fourth-order valence-corrected chi connectivity index (χ4v) is 3.75. The summed E-state index contributed by atoms with van der Waals surface area (Å²) in [7, 11) is 0. The molecule has 34 heavy (non-hydrogen) atoms. The Hall–Kier alpha value is -3.77. The van der Waals surface area contributed by atoms with Crippen LogP contribution in [0.4, 0.5) is 27.6 Å². The van der Waals surface area contributed by atoms with Gasteiger partial charge < -0.3 is 20.9 Å². The molecule has 1 aromatic carbocycles. The van der Waals surface area contributed by atoms with Gasteiger partial charge in [-0.25, -0.2) is 8.78 Å². The smallest absolute Gasteiger partial charge is 0.367 e. The number of hydrogen-bond donors (Lipinski definition) is 3. The molecule has 0 aliphatic carbocycles. The van der Waals surface area contributed by atoms with Gasteiger partial charge in [0, 0.05) is 24.0 Å². The Bertz CT molecular complexity index is 1220. The van der Waals surface area contributed by atoms with Crippen molar-refractivity contribution < 1.29 is 41.1 Å². The SMILES string of the molecule is Cc1c(C(=O)C(=O)N[C@](C)(C(N)=O)C(F)(F)F)c2n(c1C(=O)Nc1ccc(F)c(F)c1)CCC2. The van der Waals surface area contributed by atoms with E-state index in [1.807, 2.05) is 0 Å². The number of nitrogens with two attached hydrogens (primary N) is 1. The first kappa shape index (κ1) is 24.9. The van der Waals surface area contributed by atoms with Crippen LogP contribution in [0.25, 0.3) is 0 Å². The number of fused-ring (bicyclic) bond motifs is 1. The summed E-state index contributed by atoms with van der Waals surface area (Å²) < 4.78 is 68.0. The van der Waals surface area contributed by atoms with Gasteiger partial charge in [-0.3, -0.25) is 19.2 Å². The number of rotatable bonds is 6. The zero-order chi connectivity index (χ0) is 25.6. The van der Waals surface area contributed by atoms with Gasteiger partial charge in [-0.2, -0.15) is 13.2 Å². The van der Waals surface area contributed by atoms with Crippen LogP contribution in [0.15, 0.2) is 18.2 Å². The topological polar surface area (TPSA) is 123 Å². The molecular weight excluding hydrogens is 467 g/mol. The second-order valence-electron chi connectivity index (χ2n) is 7.90. The van der Waals surface area contributed by atoms with Crippen molar-refractivity contribution in [3.05, 3.63) is 52.3 Å². The van der Waals surface area contributed by atoms with Crippen molar-refractivity contribution in [2.75, 3.05) is 5.32 Å². The highest BCUT2D eigenvalue weighted by Crippen LogP contribution is 2.32. The molecule has 1 aliphatic heterocycles. The van der Waals surface area contributed by atoms with E-state index in [1.54, 1.807) is 0 Å². The van der Waals surface area contributed by atoms with Crippen LogP contribution in [-0.4, -0.2) is 39.8 Å². The summed E-state index contributed by atoms with van der Waals surface area (Å²) in [4.78, 5) is 49.6. The van der Waals surface area contributed by atoms with Gasteiger partial charge in [-0.1, -0.05) is 0 Å². The van der Waals surface area contributed by atoms with Gasteiger partial charge in [0.2, 0.25) is 5.54 Å². The van der Waals surface area contributed by atoms with Crippen LogP contribution >= 0.6 is 0 Å². The predicted molar refractivity (Wildman–Crippen MR) is 108 cm³/mol. The number of ketones is 1. The van der Waals surface area contributed by atoms with Gasteiger partial charge in [-0.05, 0) is 44.4 Å². The van der Waals surface area contributed by atoms with E-state index >= 15 is 0 Å². The summed E-state index contributed by atoms with van der Waals surface area (Å²) in [6.07, 6.45) is -4.55. The number of benzene rings is 1. The number of Topliss-reactive ketones (excluding diaryl/α,β-unsaturated/α-hetero) is 1. The summed E-state index contributed by atoms with van der Waals surface area (Å²) in [6.45, 7) is 1.93. The third-order valence-electron chi connectivity index (χ3n) is 5.66. The Labute approximate surface area is 189 Å². The molecule has 13 heteroatoms. The second kappa shape index (κ2) is 8.54. The van der Waals surface area contributed by atoms with Crippen molar-refractivity contribution >= 4 is 29.2 Å². The Kier molecular flexibility index (Phi) is 6.24. The number of primary amides is 1. The first-order valence-electron chi connectivity index (χ1n) is 9.91. The molecule has 0 radical (unpaired) electrons. The molecule has 1 aliphatic rings. The number of nitrogens with zero attached hydrogens (tertiary/aromatic N) is 1. The van der Waals surface area contributed by atoms with E-state index in [-0.39, 0.29) is 41.2 Å². The Morgan fingerprint density at radius 1 is 1.09 bits per heavy atom. The number of anilines is 1. The fourth-order valence-electron chi connectivity index (χ4n) is 3.75. The average molecular weight is 486 g/mol. The highest BCUT2D eigenvalue weighted by molar-refractivity contribution is 6.44. The third kappa shape index (κ3) is 4.13. The molecule has 0 saturated carbocycles. The molecule has 0 saturated heterocycles. The zero-order valence-electron chi connectivity index (χ0n) is 17.9. The van der Waals surface area contributed by atoms with Crippen LogP contribution in [-0.2, 0) is 22.6 Å². The van der Waals surface area contributed by atoms with Crippen molar-refractivity contribution in [2.24, 2.45) is 5.73 Å². The molecule has 4 N–H and O–H groups in total. The Morgan fingerprint density at radius 2 is 1.74 bits per heavy atom. The summed E-state index contributed by atoms with van der Waals surface area (Å²) in [5.74, 6) is -8.15. The minimum absolute atomic E-state index is 0.00252. The van der Waals surface area contributed by atoms with Crippen LogP contribution in [0.5, 0.6) is 0 Å². The first-order valence-corrected chi connectivity index (χ1v) is 9.91. The first-order chi connectivity index (χ1) is 15.7. The van der Waals surface area contributed by atoms with E-state index in [1.165, 1.54) is 16.8 Å². The van der Waals surface area contributed by atoms with Crippen molar-refractivity contribution in [1.82, 2.24) is 9.88 Å². The molecule has 0 unspecified atom stereocenters. The maximum absolute atomic E-state index is 13.5. The molecule has 1 aromatic heterocycles. The summed E-state index contributed by atoms with van der Waals surface area (Å²) in [5, 5.41) is 3.73. The number of carbonyl (C=O) groups excluding carboxylic acids is 4. The van der Waals surface area contributed by atoms with Gasteiger partial charge in [0.15, 0.2) is 11.6 Å². The lowest BCUT2D eigenvalue weighted by Gasteiger charge is -2.29. The Balaban J connectivity index is 1.96. The van der Waals surface area contributed by atoms with Crippen molar-refractivity contribution in [3.8, 4) is 0 Å². The lowest BCUT2D eigenvalue weighted by atomic mass is 9.98. The number of hydrogen-bond acceptors (Lipinski definition) is 4. The summed E-state index contributed by atoms with van der Waals surface area (Å²) in [5.41, 5.74) is 1.14. The number of nitrogens with one attached hydrogen (secondary N) is 2. The van der Waals surface area contributed by atoms with Crippen LogP contribution in [0.1, 0.15) is 45.4 Å². The fraction of sp³-hybridized carbons (Fsp3) is 0.333. The molecule has 0 bridgehead atoms. The molecule has 3 amide bonds. The number of carbonyl (C=O) groups is 4. The van der Waals surface area contributed by atoms with Crippen molar-refractivity contribution in [1.29, 1.82) is 0 Å². The third-order valence-corrected chi connectivity index (χ3v) is 5.66. The van der Waals surface area contributed by atoms with Crippen molar-refractivity contribution in [2.45, 2.75) is 44.9 Å². The standard InChI is InChI=1S/C21H19F5N4O4/c1-9-14(16(31)18(33)29-20(2,19(27)34)21(24,25)26)13-4-3-7-30(13)15(9)17(32)28-10-5-6-11(22)12(23)8-10/h5-6,8H,3-4,7H2,1-2H3,(H2,27,34)(H,28,32)(H,29,33)/t20-/m1/s1. The van der Waals surface area contributed by atoms with Crippen molar-refractivity contribution in [3.63, 3.8) is 0 Å². The zero-order valence-corrected chi connectivity index (χ0v) is 17.9. The van der Waals surface area contributed by atoms with Crippen LogP contribution in [0, 0.1) is 18.6 Å². The van der Waals surface area contributed by atoms with Crippen LogP contribution in [0.2, 0.25) is 0 Å². The second-order valence-corrected chi connectivity index (χ2v) is 7.90. The van der Waals surface area contributed by atoms with E-state index in [4.69, 9.17) is 5.73 Å². The number of halogens is 5. The van der Waals surface area contributed by atoms with E-state index in [0.29, 0.717) is 13.3 Å². The molecule has 182 valence electrons. The highest BCUT2D eigenvalue weighted by atomic mass is 19.4. The minimum atomic E-state index is -5.28. The molecule has 1 atom stereocenters. The summed E-state index contributed by atoms with van der Waals surface area (Å²) >= 11 is 0. The summed E-state index contributed by atoms with van der Waals surface area (Å²) in [6, 6.07) is 2.66. The largest absolute Gasteiger partial charge is 0.420 e. The molecule has 3 rings (SSSR count). The lowest BCUT2D eigenvalue weighted by Crippen LogP contribution is -2.65. The quantitative estimate of drug-likeness (QED) is 0.330. The average Bonchev–Trinajstić information content (AvgIpc) is 3.28. The molecule has 8 nitrogen and oxygen atoms in total. The van der Waals surface area contributed by atoms with Crippen LogP contribution < -0.4 is 16.4 Å². The molecule has 2 heterocycles. The number of aromatic nitrogens is 1. The van der Waals surface area contributed by atoms with Gasteiger partial charge in [0.25, 0.3) is 23.5 Å². The maximum atomic E-state index is 13.5. The monoisotopic (exact) mass is 486 g/mol. The van der Waals surface area contributed by atoms with Gasteiger partial charge in [-0.15, -0.1) is 0 Å². The van der Waals surface area contributed by atoms with Gasteiger partial charge in [0.05, 0.1) is 5.56 Å². The normalized spacial score (nSPS) is 14.8. The molecular formula is C21H19F5N4O4. The lowest BCUT2D eigenvalue weighted by molar-refractivity contribution is -0.194. The number of alkyl halides is 3. The number of amides is 3. The Morgan fingerprint density at radius 3 is 2.29 bits per heavy atom. The van der Waals surface area contributed by atoms with E-state index < -0.39 is 46.9 Å². The van der Waals surface area contributed by atoms with Crippen LogP contribution in [0.3, 0.4) is 0 Å². The van der Waals surface area contributed by atoms with E-state index in [9.17, 15) is 41.1 Å². The minimum Gasteiger partial charge on any atom is -0.367 e. The predicted octanol–water partition coefficient (Wildman–Crippen LogP) is 2.38.